The minimum absolute atomic E-state index is 0.823. The van der Waals surface area contributed by atoms with Gasteiger partial charge < -0.3 is 9.73 Å². The first kappa shape index (κ1) is 16.0. The number of aromatic nitrogens is 2. The van der Waals surface area contributed by atoms with Gasteiger partial charge in [0.25, 0.3) is 0 Å². The summed E-state index contributed by atoms with van der Waals surface area (Å²) in [6, 6.07) is 18.9. The highest BCUT2D eigenvalue weighted by Gasteiger charge is 2.05. The fourth-order valence-corrected chi connectivity index (χ4v) is 4.00. The molecule has 0 fully saturated rings. The van der Waals surface area contributed by atoms with E-state index in [0.29, 0.717) is 0 Å². The third kappa shape index (κ3) is 3.29. The van der Waals surface area contributed by atoms with Crippen molar-refractivity contribution in [1.82, 2.24) is 9.97 Å². The molecule has 5 heteroatoms. The largest absolute Gasteiger partial charge is 0.464 e. The van der Waals surface area contributed by atoms with E-state index in [9.17, 15) is 0 Å². The van der Waals surface area contributed by atoms with E-state index in [1.165, 1.54) is 15.6 Å². The molecule has 0 aliphatic heterocycles. The Morgan fingerprint density at radius 1 is 0.926 bits per heavy atom. The topological polar surface area (TPSA) is 51.0 Å². The molecule has 0 atom stereocenters. The fraction of sp³-hybridized carbons (Fsp3) is 0.0909. The molecule has 132 valence electrons. The van der Waals surface area contributed by atoms with Crippen molar-refractivity contribution in [2.45, 2.75) is 6.42 Å². The van der Waals surface area contributed by atoms with E-state index in [4.69, 9.17) is 4.42 Å². The van der Waals surface area contributed by atoms with Crippen molar-refractivity contribution < 1.29 is 4.42 Å². The summed E-state index contributed by atoms with van der Waals surface area (Å²) >= 11 is 1.78. The monoisotopic (exact) mass is 371 g/mol. The molecule has 2 aromatic carbocycles. The molecule has 0 radical (unpaired) electrons. The summed E-state index contributed by atoms with van der Waals surface area (Å²) in [5, 5.41) is 7.95. The van der Waals surface area contributed by atoms with E-state index in [2.05, 4.69) is 51.0 Å². The first-order valence-electron chi connectivity index (χ1n) is 8.85. The van der Waals surface area contributed by atoms with Gasteiger partial charge in [0.05, 0.1) is 12.0 Å². The Labute approximate surface area is 160 Å². The third-order valence-corrected chi connectivity index (χ3v) is 5.55. The summed E-state index contributed by atoms with van der Waals surface area (Å²) in [5.41, 5.74) is 4.09. The number of thiophene rings is 1. The van der Waals surface area contributed by atoms with Gasteiger partial charge in [-0.05, 0) is 47.0 Å². The van der Waals surface area contributed by atoms with Crippen molar-refractivity contribution in [3.8, 4) is 11.3 Å². The number of nitrogens with one attached hydrogen (secondary N) is 1. The van der Waals surface area contributed by atoms with Crippen molar-refractivity contribution in [3.05, 3.63) is 78.1 Å². The third-order valence-electron chi connectivity index (χ3n) is 4.66. The molecule has 3 heterocycles. The van der Waals surface area contributed by atoms with Gasteiger partial charge in [-0.1, -0.05) is 24.3 Å². The molecule has 1 N–H and O–H groups in total. The van der Waals surface area contributed by atoms with Gasteiger partial charge in [-0.25, -0.2) is 9.97 Å². The Bertz CT molecular complexity index is 1220. The molecule has 0 saturated heterocycles. The van der Waals surface area contributed by atoms with E-state index < -0.39 is 0 Å². The Kier molecular flexibility index (Phi) is 4.07. The Morgan fingerprint density at radius 2 is 1.93 bits per heavy atom. The number of anilines is 1. The van der Waals surface area contributed by atoms with Crippen LogP contribution in [0.2, 0.25) is 0 Å². The maximum Gasteiger partial charge on any atom is 0.134 e. The first-order chi connectivity index (χ1) is 13.3. The van der Waals surface area contributed by atoms with Crippen LogP contribution in [-0.2, 0) is 6.42 Å². The van der Waals surface area contributed by atoms with Gasteiger partial charge in [0.15, 0.2) is 0 Å². The van der Waals surface area contributed by atoms with Crippen LogP contribution in [0.5, 0.6) is 0 Å². The van der Waals surface area contributed by atoms with Gasteiger partial charge in [0, 0.05) is 28.3 Å². The quantitative estimate of drug-likeness (QED) is 0.427. The number of fused-ring (bicyclic) bond motifs is 2. The van der Waals surface area contributed by atoms with Crippen molar-refractivity contribution in [2.24, 2.45) is 0 Å². The number of furan rings is 1. The van der Waals surface area contributed by atoms with Crippen LogP contribution in [0.4, 0.5) is 5.82 Å². The van der Waals surface area contributed by atoms with Crippen LogP contribution in [0.1, 0.15) is 5.56 Å². The average molecular weight is 371 g/mol. The number of hydrogen-bond acceptors (Lipinski definition) is 5. The average Bonchev–Trinajstić information content (AvgIpc) is 3.36. The Balaban J connectivity index is 1.30. The Morgan fingerprint density at radius 3 is 2.93 bits per heavy atom. The molecule has 0 unspecified atom stereocenters. The molecular formula is C22H17N3OS. The molecule has 4 nitrogen and oxygen atoms in total. The van der Waals surface area contributed by atoms with Crippen LogP contribution >= 0.6 is 11.3 Å². The molecule has 0 bridgehead atoms. The SMILES string of the molecule is c1nc(NCCc2ccc3sccc3c2)cc(-c2ccc3ccoc3c2)n1. The molecule has 3 aromatic heterocycles. The highest BCUT2D eigenvalue weighted by molar-refractivity contribution is 7.17. The second-order valence-electron chi connectivity index (χ2n) is 6.43. The number of nitrogens with zero attached hydrogens (tertiary/aromatic N) is 2. The number of benzene rings is 2. The van der Waals surface area contributed by atoms with Crippen molar-refractivity contribution >= 4 is 38.2 Å². The normalized spacial score (nSPS) is 11.3. The van der Waals surface area contributed by atoms with Gasteiger partial charge in [0.1, 0.15) is 17.7 Å². The zero-order valence-electron chi connectivity index (χ0n) is 14.6. The number of rotatable bonds is 5. The molecule has 0 spiro atoms. The lowest BCUT2D eigenvalue weighted by molar-refractivity contribution is 0.616. The van der Waals surface area contributed by atoms with E-state index in [0.717, 1.165) is 41.0 Å². The maximum atomic E-state index is 5.49. The van der Waals surface area contributed by atoms with Gasteiger partial charge >= 0.3 is 0 Å². The molecule has 0 amide bonds. The molecule has 0 saturated carbocycles. The zero-order chi connectivity index (χ0) is 18.1. The van der Waals surface area contributed by atoms with Crippen LogP contribution < -0.4 is 5.32 Å². The molecule has 0 aliphatic rings. The fourth-order valence-electron chi connectivity index (χ4n) is 3.23. The van der Waals surface area contributed by atoms with Crippen molar-refractivity contribution in [3.63, 3.8) is 0 Å². The predicted octanol–water partition coefficient (Wildman–Crippen LogP) is 5.76. The summed E-state index contributed by atoms with van der Waals surface area (Å²) in [6.07, 6.45) is 4.25. The second kappa shape index (κ2) is 6.85. The van der Waals surface area contributed by atoms with E-state index in [1.807, 2.05) is 24.3 Å². The number of hydrogen-bond donors (Lipinski definition) is 1. The van der Waals surface area contributed by atoms with Crippen LogP contribution in [0.15, 0.2) is 77.0 Å². The van der Waals surface area contributed by atoms with Gasteiger partial charge in [-0.2, -0.15) is 0 Å². The van der Waals surface area contributed by atoms with Crippen molar-refractivity contribution in [1.29, 1.82) is 0 Å². The van der Waals surface area contributed by atoms with Crippen LogP contribution in [0.3, 0.4) is 0 Å². The second-order valence-corrected chi connectivity index (χ2v) is 7.38. The highest BCUT2D eigenvalue weighted by atomic mass is 32.1. The zero-order valence-corrected chi connectivity index (χ0v) is 15.4. The van der Waals surface area contributed by atoms with Crippen LogP contribution in [0, 0.1) is 0 Å². The summed E-state index contributed by atoms with van der Waals surface area (Å²) in [7, 11) is 0. The van der Waals surface area contributed by atoms with E-state index in [-0.39, 0.29) is 0 Å². The summed E-state index contributed by atoms with van der Waals surface area (Å²) in [5.74, 6) is 0.830. The molecule has 5 aromatic rings. The Hall–Kier alpha value is -3.18. The molecule has 27 heavy (non-hydrogen) atoms. The van der Waals surface area contributed by atoms with Gasteiger partial charge in [-0.15, -0.1) is 11.3 Å². The standard InChI is InChI=1S/C22H17N3OS/c1-4-21-18(7-10-27-21)11-15(1)5-8-23-22-13-19(24-14-25-22)17-3-2-16-6-9-26-20(16)12-17/h1-4,6-7,9-14H,5,8H2,(H,23,24,25). The lowest BCUT2D eigenvalue weighted by atomic mass is 10.1. The molecule has 0 aliphatic carbocycles. The summed E-state index contributed by atoms with van der Waals surface area (Å²) in [6.45, 7) is 0.823. The van der Waals surface area contributed by atoms with Gasteiger partial charge in [-0.3, -0.25) is 0 Å². The minimum Gasteiger partial charge on any atom is -0.464 e. The lowest BCUT2D eigenvalue weighted by Gasteiger charge is -2.07. The van der Waals surface area contributed by atoms with E-state index >= 15 is 0 Å². The van der Waals surface area contributed by atoms with Crippen molar-refractivity contribution in [2.75, 3.05) is 11.9 Å². The smallest absolute Gasteiger partial charge is 0.134 e. The highest BCUT2D eigenvalue weighted by Crippen LogP contribution is 2.25. The van der Waals surface area contributed by atoms with Crippen LogP contribution in [-0.4, -0.2) is 16.5 Å². The first-order valence-corrected chi connectivity index (χ1v) is 9.73. The van der Waals surface area contributed by atoms with Crippen LogP contribution in [0.25, 0.3) is 32.3 Å². The predicted molar refractivity (Wildman–Crippen MR) is 111 cm³/mol. The molecular weight excluding hydrogens is 354 g/mol. The lowest BCUT2D eigenvalue weighted by Crippen LogP contribution is -2.06. The minimum atomic E-state index is 0.823. The van der Waals surface area contributed by atoms with Gasteiger partial charge in [0.2, 0.25) is 0 Å². The molecule has 5 rings (SSSR count). The van der Waals surface area contributed by atoms with E-state index in [1.54, 1.807) is 23.9 Å². The maximum absolute atomic E-state index is 5.49. The summed E-state index contributed by atoms with van der Waals surface area (Å²) in [4.78, 5) is 8.75. The summed E-state index contributed by atoms with van der Waals surface area (Å²) < 4.78 is 6.82.